The highest BCUT2D eigenvalue weighted by Crippen LogP contribution is 2.14. The van der Waals surface area contributed by atoms with Gasteiger partial charge < -0.3 is 5.32 Å². The van der Waals surface area contributed by atoms with Gasteiger partial charge in [-0.1, -0.05) is 44.2 Å². The number of anilines is 1. The van der Waals surface area contributed by atoms with E-state index in [1.807, 2.05) is 50.2 Å². The zero-order valence-corrected chi connectivity index (χ0v) is 15.0. The highest BCUT2D eigenvalue weighted by molar-refractivity contribution is 6.39. The summed E-state index contributed by atoms with van der Waals surface area (Å²) in [5, 5.41) is 6.38. The van der Waals surface area contributed by atoms with Crippen LogP contribution in [0.4, 0.5) is 5.69 Å². The molecule has 2 amide bonds. The summed E-state index contributed by atoms with van der Waals surface area (Å²) >= 11 is 0. The van der Waals surface area contributed by atoms with Gasteiger partial charge in [-0.2, -0.15) is 5.10 Å². The Balaban J connectivity index is 1.90. The molecule has 0 aliphatic rings. The number of nitrogens with zero attached hydrogens (tertiary/aromatic N) is 1. The number of amides is 2. The Bertz CT molecular complexity index is 793. The molecule has 0 aromatic heterocycles. The lowest BCUT2D eigenvalue weighted by Crippen LogP contribution is -2.32. The highest BCUT2D eigenvalue weighted by atomic mass is 16.2. The number of nitrogens with one attached hydrogen (secondary N) is 2. The van der Waals surface area contributed by atoms with E-state index in [0.29, 0.717) is 11.6 Å². The average molecular weight is 337 g/mol. The second kappa shape index (κ2) is 8.24. The molecule has 5 heteroatoms. The number of carbonyl (C=O) groups excluding carboxylic acids is 2. The van der Waals surface area contributed by atoms with Crippen LogP contribution in [0.25, 0.3) is 0 Å². The smallest absolute Gasteiger partial charge is 0.318 e. The van der Waals surface area contributed by atoms with E-state index < -0.39 is 11.8 Å². The molecule has 0 spiro atoms. The van der Waals surface area contributed by atoms with E-state index in [1.165, 1.54) is 11.8 Å². The number of carbonyl (C=O) groups is 2. The molecule has 0 aliphatic heterocycles. The van der Waals surface area contributed by atoms with Gasteiger partial charge in [0.05, 0.1) is 6.21 Å². The normalized spacial score (nSPS) is 10.9. The molecule has 0 saturated heterocycles. The quantitative estimate of drug-likeness (QED) is 0.509. The van der Waals surface area contributed by atoms with Crippen LogP contribution in [0, 0.1) is 13.8 Å². The van der Waals surface area contributed by atoms with E-state index in [2.05, 4.69) is 29.7 Å². The predicted octanol–water partition coefficient (Wildman–Crippen LogP) is 3.52. The van der Waals surface area contributed by atoms with Crippen molar-refractivity contribution in [3.05, 3.63) is 64.7 Å². The molecular formula is C20H23N3O2. The zero-order chi connectivity index (χ0) is 18.4. The minimum absolute atomic E-state index is 0.458. The number of benzene rings is 2. The summed E-state index contributed by atoms with van der Waals surface area (Å²) in [5.74, 6) is -1.11. The molecule has 0 bridgehead atoms. The molecular weight excluding hydrogens is 314 g/mol. The van der Waals surface area contributed by atoms with Crippen LogP contribution in [-0.4, -0.2) is 18.0 Å². The summed E-state index contributed by atoms with van der Waals surface area (Å²) in [6.45, 7) is 8.17. The third-order valence-corrected chi connectivity index (χ3v) is 3.95. The summed E-state index contributed by atoms with van der Waals surface area (Å²) in [7, 11) is 0. The van der Waals surface area contributed by atoms with Crippen LogP contribution < -0.4 is 10.7 Å². The van der Waals surface area contributed by atoms with Crippen LogP contribution in [0.15, 0.2) is 47.6 Å². The van der Waals surface area contributed by atoms with Gasteiger partial charge in [0.2, 0.25) is 0 Å². The number of aryl methyl sites for hydroxylation is 2. The van der Waals surface area contributed by atoms with Crippen LogP contribution in [-0.2, 0) is 9.59 Å². The van der Waals surface area contributed by atoms with Crippen molar-refractivity contribution in [2.75, 3.05) is 5.32 Å². The van der Waals surface area contributed by atoms with E-state index in [-0.39, 0.29) is 0 Å². The fraction of sp³-hybridized carbons (Fsp3) is 0.250. The van der Waals surface area contributed by atoms with Crippen LogP contribution >= 0.6 is 0 Å². The fourth-order valence-electron chi connectivity index (χ4n) is 2.19. The SMILES string of the molecule is Cc1ccc(NC(=O)C(=O)NN=Cc2ccc(C(C)C)cc2)cc1C. The molecule has 5 nitrogen and oxygen atoms in total. The van der Waals surface area contributed by atoms with Crippen molar-refractivity contribution < 1.29 is 9.59 Å². The largest absolute Gasteiger partial charge is 0.329 e. The summed E-state index contributed by atoms with van der Waals surface area (Å²) < 4.78 is 0. The molecule has 2 aromatic carbocycles. The molecule has 0 radical (unpaired) electrons. The lowest BCUT2D eigenvalue weighted by atomic mass is 10.0. The number of rotatable bonds is 4. The number of hydrogen-bond donors (Lipinski definition) is 2. The van der Waals surface area contributed by atoms with Crippen LogP contribution in [0.3, 0.4) is 0 Å². The van der Waals surface area contributed by atoms with Crippen molar-refractivity contribution in [2.45, 2.75) is 33.6 Å². The summed E-state index contributed by atoms with van der Waals surface area (Å²) in [4.78, 5) is 23.7. The van der Waals surface area contributed by atoms with Gasteiger partial charge in [0, 0.05) is 5.69 Å². The Kier molecular flexibility index (Phi) is 6.06. The van der Waals surface area contributed by atoms with Gasteiger partial charge in [0.1, 0.15) is 0 Å². The lowest BCUT2D eigenvalue weighted by Gasteiger charge is -2.06. The van der Waals surface area contributed by atoms with Gasteiger partial charge in [0.15, 0.2) is 0 Å². The Labute approximate surface area is 148 Å². The first kappa shape index (κ1) is 18.4. The second-order valence-corrected chi connectivity index (χ2v) is 6.27. The molecule has 0 fully saturated rings. The van der Waals surface area contributed by atoms with E-state index >= 15 is 0 Å². The number of hydrogen-bond acceptors (Lipinski definition) is 3. The molecule has 2 rings (SSSR count). The Morgan fingerprint density at radius 3 is 2.24 bits per heavy atom. The standard InChI is InChI=1S/C20H23N3O2/c1-13(2)17-8-6-16(7-9-17)12-21-23-20(25)19(24)22-18-10-5-14(3)15(4)11-18/h5-13H,1-4H3,(H,22,24)(H,23,25). The van der Waals surface area contributed by atoms with Crippen molar-refractivity contribution in [2.24, 2.45) is 5.10 Å². The van der Waals surface area contributed by atoms with E-state index in [0.717, 1.165) is 16.7 Å². The first-order valence-corrected chi connectivity index (χ1v) is 8.18. The van der Waals surface area contributed by atoms with Crippen molar-refractivity contribution in [3.63, 3.8) is 0 Å². The fourth-order valence-corrected chi connectivity index (χ4v) is 2.19. The van der Waals surface area contributed by atoms with E-state index in [9.17, 15) is 9.59 Å². The molecule has 25 heavy (non-hydrogen) atoms. The van der Waals surface area contributed by atoms with Gasteiger partial charge in [-0.15, -0.1) is 0 Å². The van der Waals surface area contributed by atoms with Crippen LogP contribution in [0.5, 0.6) is 0 Å². The third kappa shape index (κ3) is 5.28. The minimum atomic E-state index is -0.812. The Hall–Kier alpha value is -2.95. The molecule has 2 aromatic rings. The van der Waals surface area contributed by atoms with Gasteiger partial charge in [-0.05, 0) is 54.2 Å². The van der Waals surface area contributed by atoms with Crippen molar-refractivity contribution in [1.29, 1.82) is 0 Å². The second-order valence-electron chi connectivity index (χ2n) is 6.27. The monoisotopic (exact) mass is 337 g/mol. The summed E-state index contributed by atoms with van der Waals surface area (Å²) in [6.07, 6.45) is 1.51. The summed E-state index contributed by atoms with van der Waals surface area (Å²) in [6, 6.07) is 13.3. The molecule has 0 saturated carbocycles. The lowest BCUT2D eigenvalue weighted by molar-refractivity contribution is -0.136. The molecule has 0 aliphatic carbocycles. The van der Waals surface area contributed by atoms with E-state index in [1.54, 1.807) is 6.07 Å². The highest BCUT2D eigenvalue weighted by Gasteiger charge is 2.13. The maximum Gasteiger partial charge on any atom is 0.329 e. The summed E-state index contributed by atoms with van der Waals surface area (Å²) in [5.41, 5.74) is 7.05. The maximum absolute atomic E-state index is 11.9. The Morgan fingerprint density at radius 2 is 1.64 bits per heavy atom. The van der Waals surface area contributed by atoms with Gasteiger partial charge >= 0.3 is 11.8 Å². The average Bonchev–Trinajstić information content (AvgIpc) is 2.58. The minimum Gasteiger partial charge on any atom is -0.318 e. The van der Waals surface area contributed by atoms with E-state index in [4.69, 9.17) is 0 Å². The molecule has 0 unspecified atom stereocenters. The number of hydrazone groups is 1. The van der Waals surface area contributed by atoms with Gasteiger partial charge in [0.25, 0.3) is 0 Å². The van der Waals surface area contributed by atoms with Gasteiger partial charge in [-0.3, -0.25) is 9.59 Å². The molecule has 0 atom stereocenters. The van der Waals surface area contributed by atoms with Crippen molar-refractivity contribution in [3.8, 4) is 0 Å². The van der Waals surface area contributed by atoms with Crippen molar-refractivity contribution >= 4 is 23.7 Å². The maximum atomic E-state index is 11.9. The first-order valence-electron chi connectivity index (χ1n) is 8.18. The van der Waals surface area contributed by atoms with Crippen LogP contribution in [0.2, 0.25) is 0 Å². The molecule has 2 N–H and O–H groups in total. The first-order chi connectivity index (χ1) is 11.9. The molecule has 130 valence electrons. The zero-order valence-electron chi connectivity index (χ0n) is 15.0. The Morgan fingerprint density at radius 1 is 0.960 bits per heavy atom. The molecule has 0 heterocycles. The van der Waals surface area contributed by atoms with Gasteiger partial charge in [-0.25, -0.2) is 5.43 Å². The third-order valence-electron chi connectivity index (χ3n) is 3.95. The predicted molar refractivity (Wildman–Crippen MR) is 101 cm³/mol. The topological polar surface area (TPSA) is 70.6 Å². The van der Waals surface area contributed by atoms with Crippen LogP contribution in [0.1, 0.15) is 42.0 Å². The van der Waals surface area contributed by atoms with Crippen molar-refractivity contribution in [1.82, 2.24) is 5.43 Å².